The number of alkyl halides is 3. The molecule has 204 valence electrons. The minimum absolute atomic E-state index is 0.180. The minimum atomic E-state index is -4.58. The van der Waals surface area contributed by atoms with Gasteiger partial charge in [0.1, 0.15) is 22.7 Å². The van der Waals surface area contributed by atoms with E-state index in [0.29, 0.717) is 28.4 Å². The Morgan fingerprint density at radius 2 is 1.76 bits per heavy atom. The molecule has 7 nitrogen and oxygen atoms in total. The van der Waals surface area contributed by atoms with Gasteiger partial charge in [-0.25, -0.2) is 4.98 Å². The van der Waals surface area contributed by atoms with E-state index in [-0.39, 0.29) is 21.7 Å². The van der Waals surface area contributed by atoms with Crippen LogP contribution in [0.15, 0.2) is 102 Å². The lowest BCUT2D eigenvalue weighted by molar-refractivity contribution is -0.137. The van der Waals surface area contributed by atoms with Crippen LogP contribution in [0, 0.1) is 0 Å². The summed E-state index contributed by atoms with van der Waals surface area (Å²) in [6, 6.07) is 19.5. The number of benzene rings is 3. The summed E-state index contributed by atoms with van der Waals surface area (Å²) in [4.78, 5) is 33.8. The van der Waals surface area contributed by atoms with Gasteiger partial charge in [0.05, 0.1) is 27.2 Å². The second kappa shape index (κ2) is 10.1. The second-order valence-electron chi connectivity index (χ2n) is 9.05. The molecular formula is C30H18ClF3N4O3. The number of rotatable bonds is 5. The SMILES string of the molecule is O=C(Nc1ccc(Oc2ccnc3[nH]ccc23)cc1)c1cn(-c2ccc(C(F)(F)F)cc2Cl)c2ccccc2c1=O. The monoisotopic (exact) mass is 574 g/mol. The maximum Gasteiger partial charge on any atom is 0.416 e. The summed E-state index contributed by atoms with van der Waals surface area (Å²) in [5.74, 6) is 0.419. The number of ether oxygens (including phenoxy) is 1. The number of carbonyl (C=O) groups excluding carboxylic acids is 1. The molecule has 0 spiro atoms. The van der Waals surface area contributed by atoms with Gasteiger partial charge in [0.2, 0.25) is 5.43 Å². The van der Waals surface area contributed by atoms with E-state index in [9.17, 15) is 22.8 Å². The summed E-state index contributed by atoms with van der Waals surface area (Å²) in [5, 5.41) is 3.52. The quantitative estimate of drug-likeness (QED) is 0.222. The van der Waals surface area contributed by atoms with Crippen LogP contribution in [0.5, 0.6) is 11.5 Å². The molecule has 0 fully saturated rings. The lowest BCUT2D eigenvalue weighted by atomic mass is 10.1. The average molecular weight is 575 g/mol. The number of hydrogen-bond donors (Lipinski definition) is 2. The Bertz CT molecular complexity index is 2000. The molecule has 0 radical (unpaired) electrons. The largest absolute Gasteiger partial charge is 0.457 e. The number of aromatic nitrogens is 3. The van der Waals surface area contributed by atoms with Crippen LogP contribution in [0.3, 0.4) is 0 Å². The minimum Gasteiger partial charge on any atom is -0.457 e. The highest BCUT2D eigenvalue weighted by Gasteiger charge is 2.31. The average Bonchev–Trinajstić information content (AvgIpc) is 3.44. The van der Waals surface area contributed by atoms with E-state index in [1.807, 2.05) is 6.07 Å². The third-order valence-corrected chi connectivity index (χ3v) is 6.75. The van der Waals surface area contributed by atoms with Gasteiger partial charge in [0.25, 0.3) is 5.91 Å². The third kappa shape index (κ3) is 5.01. The number of hydrogen-bond acceptors (Lipinski definition) is 4. The molecule has 41 heavy (non-hydrogen) atoms. The van der Waals surface area contributed by atoms with Crippen molar-refractivity contribution in [3.8, 4) is 17.2 Å². The summed E-state index contributed by atoms with van der Waals surface area (Å²) in [5.41, 5.74) is -0.0231. The predicted molar refractivity (Wildman–Crippen MR) is 150 cm³/mol. The number of pyridine rings is 2. The number of halogens is 4. The maximum absolute atomic E-state index is 13.3. The van der Waals surface area contributed by atoms with Gasteiger partial charge in [0, 0.05) is 29.7 Å². The van der Waals surface area contributed by atoms with E-state index in [2.05, 4.69) is 15.3 Å². The molecule has 2 N–H and O–H groups in total. The van der Waals surface area contributed by atoms with E-state index in [1.54, 1.807) is 60.9 Å². The summed E-state index contributed by atoms with van der Waals surface area (Å²) < 4.78 is 47.0. The van der Waals surface area contributed by atoms with E-state index < -0.39 is 23.1 Å². The van der Waals surface area contributed by atoms with Crippen LogP contribution in [0.1, 0.15) is 15.9 Å². The first-order valence-corrected chi connectivity index (χ1v) is 12.6. The van der Waals surface area contributed by atoms with Crippen molar-refractivity contribution in [2.24, 2.45) is 0 Å². The van der Waals surface area contributed by atoms with Crippen LogP contribution in [0.4, 0.5) is 18.9 Å². The van der Waals surface area contributed by atoms with Crippen molar-refractivity contribution in [3.63, 3.8) is 0 Å². The number of aromatic amines is 1. The van der Waals surface area contributed by atoms with Crippen molar-refractivity contribution in [2.75, 3.05) is 5.32 Å². The van der Waals surface area contributed by atoms with Crippen LogP contribution in [-0.4, -0.2) is 20.4 Å². The highest BCUT2D eigenvalue weighted by molar-refractivity contribution is 6.32. The Morgan fingerprint density at radius 1 is 0.976 bits per heavy atom. The molecule has 0 saturated heterocycles. The second-order valence-corrected chi connectivity index (χ2v) is 9.46. The van der Waals surface area contributed by atoms with Crippen molar-refractivity contribution < 1.29 is 22.7 Å². The Kier molecular flexibility index (Phi) is 6.47. The molecule has 6 rings (SSSR count). The van der Waals surface area contributed by atoms with E-state index in [4.69, 9.17) is 16.3 Å². The highest BCUT2D eigenvalue weighted by atomic mass is 35.5. The van der Waals surface area contributed by atoms with Gasteiger partial charge in [-0.3, -0.25) is 9.59 Å². The van der Waals surface area contributed by atoms with Gasteiger partial charge >= 0.3 is 6.18 Å². The first-order chi connectivity index (χ1) is 19.7. The molecule has 0 atom stereocenters. The number of anilines is 1. The molecule has 0 saturated carbocycles. The molecule has 0 bridgehead atoms. The molecular weight excluding hydrogens is 557 g/mol. The van der Waals surface area contributed by atoms with Crippen molar-refractivity contribution in [3.05, 3.63) is 124 Å². The van der Waals surface area contributed by atoms with E-state index in [0.717, 1.165) is 17.5 Å². The fourth-order valence-electron chi connectivity index (χ4n) is 4.47. The lowest BCUT2D eigenvalue weighted by Crippen LogP contribution is -2.23. The zero-order valence-electron chi connectivity index (χ0n) is 20.9. The molecule has 0 aliphatic rings. The van der Waals surface area contributed by atoms with E-state index in [1.165, 1.54) is 22.9 Å². The predicted octanol–water partition coefficient (Wildman–Crippen LogP) is 7.58. The van der Waals surface area contributed by atoms with Crippen LogP contribution < -0.4 is 15.5 Å². The summed E-state index contributed by atoms with van der Waals surface area (Å²) in [6.07, 6.45) is 0.0793. The van der Waals surface area contributed by atoms with Gasteiger partial charge in [-0.15, -0.1) is 0 Å². The van der Waals surface area contributed by atoms with Crippen molar-refractivity contribution in [1.29, 1.82) is 0 Å². The molecule has 0 aliphatic carbocycles. The molecule has 0 aliphatic heterocycles. The van der Waals surface area contributed by atoms with E-state index >= 15 is 0 Å². The summed E-state index contributed by atoms with van der Waals surface area (Å²) in [7, 11) is 0. The van der Waals surface area contributed by atoms with Gasteiger partial charge in [-0.2, -0.15) is 13.2 Å². The Balaban J connectivity index is 1.31. The first-order valence-electron chi connectivity index (χ1n) is 12.2. The Morgan fingerprint density at radius 3 is 2.51 bits per heavy atom. The molecule has 6 aromatic rings. The molecule has 3 aromatic carbocycles. The normalized spacial score (nSPS) is 11.6. The number of nitrogens with zero attached hydrogens (tertiary/aromatic N) is 2. The van der Waals surface area contributed by atoms with Crippen LogP contribution in [-0.2, 0) is 6.18 Å². The molecule has 3 aromatic heterocycles. The zero-order valence-corrected chi connectivity index (χ0v) is 21.6. The smallest absolute Gasteiger partial charge is 0.416 e. The fourth-order valence-corrected chi connectivity index (χ4v) is 4.75. The van der Waals surface area contributed by atoms with Crippen molar-refractivity contribution in [2.45, 2.75) is 6.18 Å². The fraction of sp³-hybridized carbons (Fsp3) is 0.0333. The summed E-state index contributed by atoms with van der Waals surface area (Å²) >= 11 is 6.25. The summed E-state index contributed by atoms with van der Waals surface area (Å²) in [6.45, 7) is 0. The Hall–Kier alpha value is -5.09. The molecule has 0 unspecified atom stereocenters. The van der Waals surface area contributed by atoms with Gasteiger partial charge in [-0.1, -0.05) is 23.7 Å². The zero-order chi connectivity index (χ0) is 28.7. The van der Waals surface area contributed by atoms with Crippen molar-refractivity contribution in [1.82, 2.24) is 14.5 Å². The Labute approximate surface area is 234 Å². The van der Waals surface area contributed by atoms with Crippen molar-refractivity contribution >= 4 is 45.1 Å². The number of H-pyrrole nitrogens is 1. The number of amides is 1. The van der Waals surface area contributed by atoms with Gasteiger partial charge < -0.3 is 19.6 Å². The standard InChI is InChI=1S/C30H18ClF3N4O3/c31-23-15-17(30(32,33)34)5-10-25(23)38-16-22(27(39)20-3-1-2-4-24(20)38)29(40)37-18-6-8-19(9-7-18)41-26-12-14-36-28-21(26)11-13-35-28/h1-16H,(H,35,36)(H,37,40). The van der Waals surface area contributed by atoms with Crippen LogP contribution in [0.2, 0.25) is 5.02 Å². The molecule has 1 amide bonds. The van der Waals surface area contributed by atoms with Crippen LogP contribution >= 0.6 is 11.6 Å². The topological polar surface area (TPSA) is 89.0 Å². The lowest BCUT2D eigenvalue weighted by Gasteiger charge is -2.16. The van der Waals surface area contributed by atoms with Crippen LogP contribution in [0.25, 0.3) is 27.6 Å². The number of nitrogens with one attached hydrogen (secondary N) is 2. The highest BCUT2D eigenvalue weighted by Crippen LogP contribution is 2.34. The van der Waals surface area contributed by atoms with Gasteiger partial charge in [0.15, 0.2) is 0 Å². The third-order valence-electron chi connectivity index (χ3n) is 6.45. The molecule has 11 heteroatoms. The number of fused-ring (bicyclic) bond motifs is 2. The number of para-hydroxylation sites is 1. The van der Waals surface area contributed by atoms with Gasteiger partial charge in [-0.05, 0) is 66.7 Å². The first kappa shape index (κ1) is 26.1. The molecule has 3 heterocycles. The number of carbonyl (C=O) groups is 1. The maximum atomic E-state index is 13.3.